The van der Waals surface area contributed by atoms with Crippen molar-refractivity contribution < 1.29 is 4.79 Å². The number of nitrogens with one attached hydrogen (secondary N) is 1. The molecular weight excluding hydrogens is 364 g/mol. The Balaban J connectivity index is 1.46. The van der Waals surface area contributed by atoms with Gasteiger partial charge < -0.3 is 5.32 Å². The summed E-state index contributed by atoms with van der Waals surface area (Å²) in [4.78, 5) is 33.7. The highest BCUT2D eigenvalue weighted by Gasteiger charge is 2.15. The summed E-state index contributed by atoms with van der Waals surface area (Å²) in [5, 5.41) is 3.45. The summed E-state index contributed by atoms with van der Waals surface area (Å²) < 4.78 is 1.57. The minimum absolute atomic E-state index is 0.0510. The quantitative estimate of drug-likeness (QED) is 0.701. The number of aryl methyl sites for hydroxylation is 1. The minimum Gasteiger partial charge on any atom is -0.326 e. The maximum atomic E-state index is 12.9. The van der Waals surface area contributed by atoms with Crippen LogP contribution in [0, 0.1) is 12.8 Å². The van der Waals surface area contributed by atoms with E-state index < -0.39 is 0 Å². The number of benzene rings is 1. The lowest BCUT2D eigenvalue weighted by atomic mass is 9.86. The Morgan fingerprint density at radius 3 is 2.66 bits per heavy atom. The van der Waals surface area contributed by atoms with Crippen molar-refractivity contribution in [2.75, 3.05) is 5.32 Å². The standard InChI is InChI=1S/C23H26N4O2/c1-16-25-22-20(8-5-15-24-22)23(29)27(16)19-12-10-18(11-13-19)26-21(28)14-9-17-6-3-2-4-7-17/h5,8,10-13,15,17H,2-4,6-7,9,14H2,1H3,(H,26,28). The molecule has 3 aromatic rings. The molecule has 0 radical (unpaired) electrons. The first-order valence-electron chi connectivity index (χ1n) is 10.4. The Morgan fingerprint density at radius 1 is 1.14 bits per heavy atom. The number of anilines is 1. The smallest absolute Gasteiger partial charge is 0.267 e. The normalized spacial score (nSPS) is 14.8. The Labute approximate surface area is 170 Å². The molecule has 0 spiro atoms. The average Bonchev–Trinajstić information content (AvgIpc) is 2.74. The molecule has 4 rings (SSSR count). The predicted octanol–water partition coefficient (Wildman–Crippen LogP) is 4.39. The van der Waals surface area contributed by atoms with E-state index in [4.69, 9.17) is 0 Å². The van der Waals surface area contributed by atoms with Crippen LogP contribution in [-0.2, 0) is 4.79 Å². The SMILES string of the molecule is Cc1nc2ncccc2c(=O)n1-c1ccc(NC(=O)CCC2CCCCC2)cc1. The molecule has 1 N–H and O–H groups in total. The highest BCUT2D eigenvalue weighted by molar-refractivity contribution is 5.90. The number of amides is 1. The largest absolute Gasteiger partial charge is 0.326 e. The van der Waals surface area contributed by atoms with Gasteiger partial charge in [-0.1, -0.05) is 32.1 Å². The van der Waals surface area contributed by atoms with E-state index in [-0.39, 0.29) is 11.5 Å². The summed E-state index contributed by atoms with van der Waals surface area (Å²) in [7, 11) is 0. The number of carbonyl (C=O) groups is 1. The van der Waals surface area contributed by atoms with Gasteiger partial charge in [-0.3, -0.25) is 14.2 Å². The van der Waals surface area contributed by atoms with Crippen LogP contribution >= 0.6 is 0 Å². The van der Waals surface area contributed by atoms with Crippen LogP contribution < -0.4 is 10.9 Å². The van der Waals surface area contributed by atoms with Crippen molar-refractivity contribution in [3.05, 3.63) is 58.8 Å². The number of nitrogens with zero attached hydrogens (tertiary/aromatic N) is 3. The lowest BCUT2D eigenvalue weighted by molar-refractivity contribution is -0.116. The Kier molecular flexibility index (Phi) is 5.69. The van der Waals surface area contributed by atoms with Gasteiger partial charge in [0, 0.05) is 18.3 Å². The topological polar surface area (TPSA) is 76.9 Å². The molecule has 2 aromatic heterocycles. The van der Waals surface area contributed by atoms with E-state index in [1.807, 2.05) is 24.3 Å². The van der Waals surface area contributed by atoms with Gasteiger partial charge in [0.1, 0.15) is 5.82 Å². The molecule has 0 atom stereocenters. The molecule has 1 aliphatic carbocycles. The molecule has 0 unspecified atom stereocenters. The van der Waals surface area contributed by atoms with E-state index in [0.29, 0.717) is 34.9 Å². The Hall–Kier alpha value is -3.02. The molecular formula is C23H26N4O2. The second-order valence-electron chi connectivity index (χ2n) is 7.81. The van der Waals surface area contributed by atoms with E-state index >= 15 is 0 Å². The van der Waals surface area contributed by atoms with Gasteiger partial charge in [0.2, 0.25) is 5.91 Å². The zero-order valence-electron chi connectivity index (χ0n) is 16.7. The molecule has 6 heteroatoms. The van der Waals surface area contributed by atoms with Gasteiger partial charge >= 0.3 is 0 Å². The summed E-state index contributed by atoms with van der Waals surface area (Å²) in [5.41, 5.74) is 1.76. The Bertz CT molecular complexity index is 1070. The average molecular weight is 390 g/mol. The van der Waals surface area contributed by atoms with Gasteiger partial charge in [0.25, 0.3) is 5.56 Å². The second kappa shape index (κ2) is 8.55. The van der Waals surface area contributed by atoms with Crippen molar-refractivity contribution in [3.8, 4) is 5.69 Å². The monoisotopic (exact) mass is 390 g/mol. The van der Waals surface area contributed by atoms with Gasteiger partial charge in [-0.15, -0.1) is 0 Å². The number of hydrogen-bond acceptors (Lipinski definition) is 4. The molecule has 0 aliphatic heterocycles. The third-order valence-electron chi connectivity index (χ3n) is 5.73. The van der Waals surface area contributed by atoms with Crippen LogP contribution in [0.3, 0.4) is 0 Å². The van der Waals surface area contributed by atoms with Gasteiger partial charge in [0.15, 0.2) is 5.65 Å². The molecule has 0 saturated heterocycles. The van der Waals surface area contributed by atoms with Crippen molar-refractivity contribution in [1.82, 2.24) is 14.5 Å². The third-order valence-corrected chi connectivity index (χ3v) is 5.73. The molecule has 2 heterocycles. The van der Waals surface area contributed by atoms with Crippen LogP contribution in [0.1, 0.15) is 50.8 Å². The van der Waals surface area contributed by atoms with Crippen molar-refractivity contribution in [2.45, 2.75) is 51.9 Å². The fourth-order valence-corrected chi connectivity index (χ4v) is 4.16. The van der Waals surface area contributed by atoms with Crippen LogP contribution in [0.5, 0.6) is 0 Å². The number of fused-ring (bicyclic) bond motifs is 1. The second-order valence-corrected chi connectivity index (χ2v) is 7.81. The van der Waals surface area contributed by atoms with E-state index in [1.165, 1.54) is 32.1 Å². The third kappa shape index (κ3) is 4.36. The van der Waals surface area contributed by atoms with Crippen molar-refractivity contribution in [2.24, 2.45) is 5.92 Å². The number of hydrogen-bond donors (Lipinski definition) is 1. The zero-order chi connectivity index (χ0) is 20.2. The van der Waals surface area contributed by atoms with Gasteiger partial charge in [-0.25, -0.2) is 9.97 Å². The van der Waals surface area contributed by atoms with Crippen LogP contribution in [-0.4, -0.2) is 20.4 Å². The van der Waals surface area contributed by atoms with Crippen LogP contribution in [0.15, 0.2) is 47.4 Å². The maximum Gasteiger partial charge on any atom is 0.267 e. The van der Waals surface area contributed by atoms with E-state index in [1.54, 1.807) is 29.8 Å². The van der Waals surface area contributed by atoms with Crippen molar-refractivity contribution in [1.29, 1.82) is 0 Å². The lowest BCUT2D eigenvalue weighted by Gasteiger charge is -2.21. The molecule has 1 aliphatic rings. The Morgan fingerprint density at radius 2 is 1.90 bits per heavy atom. The van der Waals surface area contributed by atoms with E-state index in [9.17, 15) is 9.59 Å². The highest BCUT2D eigenvalue weighted by Crippen LogP contribution is 2.27. The van der Waals surface area contributed by atoms with Gasteiger partial charge in [0.05, 0.1) is 11.1 Å². The summed E-state index contributed by atoms with van der Waals surface area (Å²) in [5.74, 6) is 1.32. The molecule has 1 saturated carbocycles. The zero-order valence-corrected chi connectivity index (χ0v) is 16.7. The summed E-state index contributed by atoms with van der Waals surface area (Å²) in [6.07, 6.45) is 9.60. The first-order valence-corrected chi connectivity index (χ1v) is 10.4. The first-order chi connectivity index (χ1) is 14.1. The number of pyridine rings is 1. The molecule has 1 fully saturated rings. The summed E-state index contributed by atoms with van der Waals surface area (Å²) in [6.45, 7) is 1.79. The summed E-state index contributed by atoms with van der Waals surface area (Å²) in [6, 6.07) is 10.8. The number of rotatable bonds is 5. The van der Waals surface area contributed by atoms with Crippen LogP contribution in [0.25, 0.3) is 16.7 Å². The van der Waals surface area contributed by atoms with Crippen LogP contribution in [0.4, 0.5) is 5.69 Å². The first kappa shape index (κ1) is 19.3. The number of aromatic nitrogens is 3. The van der Waals surface area contributed by atoms with E-state index in [2.05, 4.69) is 15.3 Å². The summed E-state index contributed by atoms with van der Waals surface area (Å²) >= 11 is 0. The molecule has 29 heavy (non-hydrogen) atoms. The lowest BCUT2D eigenvalue weighted by Crippen LogP contribution is -2.22. The molecule has 1 aromatic carbocycles. The molecule has 150 valence electrons. The van der Waals surface area contributed by atoms with Crippen molar-refractivity contribution in [3.63, 3.8) is 0 Å². The van der Waals surface area contributed by atoms with Gasteiger partial charge in [-0.05, 0) is 55.7 Å². The minimum atomic E-state index is -0.148. The van der Waals surface area contributed by atoms with Crippen LogP contribution in [0.2, 0.25) is 0 Å². The highest BCUT2D eigenvalue weighted by atomic mass is 16.1. The molecule has 1 amide bonds. The maximum absolute atomic E-state index is 12.9. The van der Waals surface area contributed by atoms with Gasteiger partial charge in [-0.2, -0.15) is 0 Å². The predicted molar refractivity (Wildman–Crippen MR) is 114 cm³/mol. The van der Waals surface area contributed by atoms with E-state index in [0.717, 1.165) is 12.1 Å². The molecule has 6 nitrogen and oxygen atoms in total. The fraction of sp³-hybridized carbons (Fsp3) is 0.391. The van der Waals surface area contributed by atoms with Crippen molar-refractivity contribution >= 4 is 22.6 Å². The fourth-order valence-electron chi connectivity index (χ4n) is 4.16. The number of carbonyl (C=O) groups excluding carboxylic acids is 1. The molecule has 0 bridgehead atoms.